The van der Waals surface area contributed by atoms with Gasteiger partial charge in [-0.15, -0.1) is 0 Å². The molecule has 1 heterocycles. The van der Waals surface area contributed by atoms with Crippen LogP contribution >= 0.6 is 0 Å². The number of rotatable bonds is 8. The van der Waals surface area contributed by atoms with Crippen molar-refractivity contribution in [3.63, 3.8) is 0 Å². The zero-order chi connectivity index (χ0) is 23.2. The molecule has 2 aromatic rings. The predicted molar refractivity (Wildman–Crippen MR) is 131 cm³/mol. The SMILES string of the molecule is Cc1ccccc1-c1cc(CN(C)CCC2CCCCC2)ccc1C(=O)NC1CCOC1=O. The van der Waals surface area contributed by atoms with E-state index < -0.39 is 6.04 Å². The molecule has 0 bridgehead atoms. The third-order valence-corrected chi connectivity index (χ3v) is 7.10. The number of hydrogen-bond acceptors (Lipinski definition) is 4. The Labute approximate surface area is 197 Å². The first-order chi connectivity index (χ1) is 16.0. The molecule has 1 aliphatic carbocycles. The van der Waals surface area contributed by atoms with Gasteiger partial charge in [-0.2, -0.15) is 0 Å². The van der Waals surface area contributed by atoms with E-state index in [1.165, 1.54) is 44.1 Å². The van der Waals surface area contributed by atoms with E-state index in [9.17, 15) is 9.59 Å². The number of nitrogens with zero attached hydrogens (tertiary/aromatic N) is 1. The molecule has 1 saturated carbocycles. The number of nitrogens with one attached hydrogen (secondary N) is 1. The molecule has 1 amide bonds. The van der Waals surface area contributed by atoms with Gasteiger partial charge in [0.25, 0.3) is 5.91 Å². The molecule has 0 aromatic heterocycles. The molecule has 0 spiro atoms. The molecular formula is C28H36N2O3. The Kier molecular flexibility index (Phi) is 7.81. The highest BCUT2D eigenvalue weighted by molar-refractivity contribution is 6.03. The monoisotopic (exact) mass is 448 g/mol. The topological polar surface area (TPSA) is 58.6 Å². The van der Waals surface area contributed by atoms with Crippen LogP contribution in [0.2, 0.25) is 0 Å². The van der Waals surface area contributed by atoms with Crippen LogP contribution in [-0.4, -0.2) is 43.0 Å². The number of hydrogen-bond donors (Lipinski definition) is 1. The lowest BCUT2D eigenvalue weighted by molar-refractivity contribution is -0.139. The van der Waals surface area contributed by atoms with Gasteiger partial charge in [0.05, 0.1) is 6.61 Å². The van der Waals surface area contributed by atoms with Gasteiger partial charge in [-0.3, -0.25) is 4.79 Å². The zero-order valence-electron chi connectivity index (χ0n) is 19.9. The molecule has 0 radical (unpaired) electrons. The second-order valence-electron chi connectivity index (χ2n) is 9.71. The number of carbonyl (C=O) groups excluding carboxylic acids is 2. The molecule has 2 aromatic carbocycles. The summed E-state index contributed by atoms with van der Waals surface area (Å²) in [6, 6.07) is 13.7. The molecule has 2 aliphatic rings. The minimum absolute atomic E-state index is 0.227. The lowest BCUT2D eigenvalue weighted by Crippen LogP contribution is -2.38. The van der Waals surface area contributed by atoms with Crippen LogP contribution in [0.4, 0.5) is 0 Å². The van der Waals surface area contributed by atoms with Gasteiger partial charge in [-0.25, -0.2) is 4.79 Å². The van der Waals surface area contributed by atoms with E-state index in [0.29, 0.717) is 18.6 Å². The number of esters is 1. The highest BCUT2D eigenvalue weighted by Gasteiger charge is 2.29. The fourth-order valence-corrected chi connectivity index (χ4v) is 5.12. The summed E-state index contributed by atoms with van der Waals surface area (Å²) in [5.41, 5.74) is 4.86. The van der Waals surface area contributed by atoms with E-state index in [4.69, 9.17) is 4.74 Å². The summed E-state index contributed by atoms with van der Waals surface area (Å²) in [5.74, 6) is 0.295. The highest BCUT2D eigenvalue weighted by atomic mass is 16.5. The second-order valence-corrected chi connectivity index (χ2v) is 9.71. The quantitative estimate of drug-likeness (QED) is 0.570. The first kappa shape index (κ1) is 23.5. The maximum atomic E-state index is 13.1. The Morgan fingerprint density at radius 2 is 1.85 bits per heavy atom. The standard InChI is InChI=1S/C28H36N2O3/c1-20-8-6-7-11-23(20)25-18-22(19-30(2)16-14-21-9-4-3-5-10-21)12-13-24(25)27(31)29-26-15-17-33-28(26)32/h6-8,11-13,18,21,26H,3-5,9-10,14-17,19H2,1-2H3,(H,29,31). The van der Waals surface area contributed by atoms with Crippen molar-refractivity contribution in [2.45, 2.75) is 64.5 Å². The first-order valence-electron chi connectivity index (χ1n) is 12.4. The van der Waals surface area contributed by atoms with Crippen LogP contribution < -0.4 is 5.32 Å². The Morgan fingerprint density at radius 3 is 2.58 bits per heavy atom. The number of amides is 1. The van der Waals surface area contributed by atoms with Gasteiger partial charge in [-0.1, -0.05) is 62.4 Å². The van der Waals surface area contributed by atoms with E-state index in [1.807, 2.05) is 24.3 Å². The van der Waals surface area contributed by atoms with Crippen molar-refractivity contribution in [1.29, 1.82) is 0 Å². The molecular weight excluding hydrogens is 412 g/mol. The Bertz CT molecular complexity index is 981. The van der Waals surface area contributed by atoms with Crippen LogP contribution in [-0.2, 0) is 16.1 Å². The van der Waals surface area contributed by atoms with E-state index >= 15 is 0 Å². The smallest absolute Gasteiger partial charge is 0.328 e. The summed E-state index contributed by atoms with van der Waals surface area (Å²) in [6.07, 6.45) is 8.71. The normalized spacial score (nSPS) is 19.0. The third-order valence-electron chi connectivity index (χ3n) is 7.10. The molecule has 176 valence electrons. The fourth-order valence-electron chi connectivity index (χ4n) is 5.12. The molecule has 5 heteroatoms. The fraction of sp³-hybridized carbons (Fsp3) is 0.500. The van der Waals surface area contributed by atoms with E-state index in [2.05, 4.69) is 42.4 Å². The largest absolute Gasteiger partial charge is 0.464 e. The first-order valence-corrected chi connectivity index (χ1v) is 12.4. The van der Waals surface area contributed by atoms with Crippen LogP contribution in [0.15, 0.2) is 42.5 Å². The summed E-state index contributed by atoms with van der Waals surface area (Å²) in [6.45, 7) is 4.37. The minimum atomic E-state index is -0.562. The van der Waals surface area contributed by atoms with Gasteiger partial charge in [0.1, 0.15) is 6.04 Å². The summed E-state index contributed by atoms with van der Waals surface area (Å²) < 4.78 is 5.01. The van der Waals surface area contributed by atoms with Gasteiger partial charge in [-0.05, 0) is 67.2 Å². The zero-order valence-corrected chi connectivity index (χ0v) is 19.9. The molecule has 1 atom stereocenters. The van der Waals surface area contributed by atoms with Crippen LogP contribution in [0.5, 0.6) is 0 Å². The number of ether oxygens (including phenoxy) is 1. The molecule has 4 rings (SSSR count). The lowest BCUT2D eigenvalue weighted by Gasteiger charge is -2.25. The Hall–Kier alpha value is -2.66. The average molecular weight is 449 g/mol. The average Bonchev–Trinajstić information content (AvgIpc) is 3.23. The third kappa shape index (κ3) is 6.02. The van der Waals surface area contributed by atoms with Crippen molar-refractivity contribution >= 4 is 11.9 Å². The summed E-state index contributed by atoms with van der Waals surface area (Å²) in [4.78, 5) is 27.4. The Morgan fingerprint density at radius 1 is 1.06 bits per heavy atom. The highest BCUT2D eigenvalue weighted by Crippen LogP contribution is 2.30. The van der Waals surface area contributed by atoms with Crippen molar-refractivity contribution in [1.82, 2.24) is 10.2 Å². The summed E-state index contributed by atoms with van der Waals surface area (Å²) >= 11 is 0. The van der Waals surface area contributed by atoms with Crippen molar-refractivity contribution in [2.24, 2.45) is 5.92 Å². The van der Waals surface area contributed by atoms with Gasteiger partial charge >= 0.3 is 5.97 Å². The second kappa shape index (κ2) is 11.0. The molecule has 2 fully saturated rings. The Balaban J connectivity index is 1.51. The summed E-state index contributed by atoms with van der Waals surface area (Å²) in [5, 5.41) is 2.87. The van der Waals surface area contributed by atoms with E-state index in [1.54, 1.807) is 0 Å². The molecule has 1 unspecified atom stereocenters. The lowest BCUT2D eigenvalue weighted by atomic mass is 9.87. The van der Waals surface area contributed by atoms with Crippen LogP contribution in [0.25, 0.3) is 11.1 Å². The number of benzene rings is 2. The van der Waals surface area contributed by atoms with Crippen molar-refractivity contribution in [2.75, 3.05) is 20.2 Å². The van der Waals surface area contributed by atoms with Crippen molar-refractivity contribution < 1.29 is 14.3 Å². The van der Waals surface area contributed by atoms with Crippen molar-refractivity contribution in [3.05, 3.63) is 59.2 Å². The number of cyclic esters (lactones) is 1. The number of carbonyl (C=O) groups is 2. The van der Waals surface area contributed by atoms with E-state index in [0.717, 1.165) is 35.7 Å². The van der Waals surface area contributed by atoms with Crippen molar-refractivity contribution in [3.8, 4) is 11.1 Å². The van der Waals surface area contributed by atoms with E-state index in [-0.39, 0.29) is 11.9 Å². The maximum Gasteiger partial charge on any atom is 0.328 e. The van der Waals surface area contributed by atoms with Crippen LogP contribution in [0.1, 0.15) is 66.4 Å². The molecule has 5 nitrogen and oxygen atoms in total. The maximum absolute atomic E-state index is 13.1. The van der Waals surface area contributed by atoms with Gasteiger partial charge in [0.15, 0.2) is 0 Å². The van der Waals surface area contributed by atoms with Crippen LogP contribution in [0.3, 0.4) is 0 Å². The van der Waals surface area contributed by atoms with Crippen LogP contribution in [0, 0.1) is 12.8 Å². The molecule has 1 aliphatic heterocycles. The molecule has 33 heavy (non-hydrogen) atoms. The van der Waals surface area contributed by atoms with Gasteiger partial charge in [0, 0.05) is 18.5 Å². The molecule has 1 saturated heterocycles. The molecule has 1 N–H and O–H groups in total. The predicted octanol–water partition coefficient (Wildman–Crippen LogP) is 5.11. The van der Waals surface area contributed by atoms with Gasteiger partial charge < -0.3 is 15.0 Å². The van der Waals surface area contributed by atoms with Gasteiger partial charge in [0.2, 0.25) is 0 Å². The number of aryl methyl sites for hydroxylation is 1. The minimum Gasteiger partial charge on any atom is -0.464 e. The summed E-state index contributed by atoms with van der Waals surface area (Å²) in [7, 11) is 2.18.